The summed E-state index contributed by atoms with van der Waals surface area (Å²) in [5.74, 6) is -0.161. The Balaban J connectivity index is 1.88. The summed E-state index contributed by atoms with van der Waals surface area (Å²) >= 11 is 0. The molecule has 0 saturated heterocycles. The van der Waals surface area contributed by atoms with Crippen molar-refractivity contribution in [2.75, 3.05) is 23.0 Å². The van der Waals surface area contributed by atoms with E-state index in [1.807, 2.05) is 0 Å². The Morgan fingerprint density at radius 2 is 1.07 bits per heavy atom. The van der Waals surface area contributed by atoms with E-state index >= 15 is 0 Å². The Morgan fingerprint density at radius 3 is 1.38 bits per heavy atom. The van der Waals surface area contributed by atoms with E-state index in [-0.39, 0.29) is 0 Å². The molecule has 9 heteroatoms. The van der Waals surface area contributed by atoms with Crippen molar-refractivity contribution < 1.29 is 28.1 Å². The summed E-state index contributed by atoms with van der Waals surface area (Å²) in [7, 11) is -3.77. The van der Waals surface area contributed by atoms with Gasteiger partial charge in [-0.2, -0.15) is 0 Å². The number of anilines is 2. The third kappa shape index (κ3) is 7.45. The summed E-state index contributed by atoms with van der Waals surface area (Å²) in [6, 6.07) is 13.1. The molecular formula is C20H28N2O6S. The Kier molecular flexibility index (Phi) is 7.72. The van der Waals surface area contributed by atoms with Gasteiger partial charge < -0.3 is 31.2 Å². The van der Waals surface area contributed by atoms with Crippen molar-refractivity contribution in [3.8, 4) is 11.5 Å². The van der Waals surface area contributed by atoms with Gasteiger partial charge >= 0.3 is 0 Å². The Bertz CT molecular complexity index is 803. The highest BCUT2D eigenvalue weighted by Crippen LogP contribution is 2.18. The highest BCUT2D eigenvalue weighted by atomic mass is 32.2. The van der Waals surface area contributed by atoms with Crippen LogP contribution in [0.1, 0.15) is 13.8 Å². The molecule has 0 amide bonds. The zero-order valence-corrected chi connectivity index (χ0v) is 17.2. The third-order valence-corrected chi connectivity index (χ3v) is 6.04. The minimum atomic E-state index is -3.77. The number of hydrogen-bond acceptors (Lipinski definition) is 8. The maximum absolute atomic E-state index is 12.4. The van der Waals surface area contributed by atoms with Gasteiger partial charge in [0, 0.05) is 11.4 Å². The summed E-state index contributed by atoms with van der Waals surface area (Å²) in [6.45, 7) is 3.14. The summed E-state index contributed by atoms with van der Waals surface area (Å²) in [4.78, 5) is 0. The number of nitrogen functional groups attached to an aromatic ring is 2. The number of nitrogens with two attached hydrogens (primary N) is 2. The van der Waals surface area contributed by atoms with Crippen LogP contribution in [0.2, 0.25) is 0 Å². The zero-order chi connectivity index (χ0) is 21.6. The standard InChI is InChI=1S/C20H28N2O6S/c1-13(27-17-7-3-15(21)4-8-17)19(23)11-29(25,26)12-20(24)14(2)28-18-9-5-16(22)6-10-18/h3-10,13-14,19-20,23-24H,11-12,21-22H2,1-2H3. The molecule has 160 valence electrons. The van der Waals surface area contributed by atoms with Crippen LogP contribution in [-0.2, 0) is 9.84 Å². The monoisotopic (exact) mass is 424 g/mol. The predicted octanol–water partition coefficient (Wildman–Crippen LogP) is 1.22. The fourth-order valence-corrected chi connectivity index (χ4v) is 4.26. The van der Waals surface area contributed by atoms with E-state index in [4.69, 9.17) is 20.9 Å². The van der Waals surface area contributed by atoms with E-state index in [0.717, 1.165) is 0 Å². The van der Waals surface area contributed by atoms with Crippen LogP contribution in [0, 0.1) is 0 Å². The van der Waals surface area contributed by atoms with Crippen LogP contribution in [0.4, 0.5) is 11.4 Å². The fraction of sp³-hybridized carbons (Fsp3) is 0.400. The van der Waals surface area contributed by atoms with Crippen molar-refractivity contribution in [2.45, 2.75) is 38.3 Å². The van der Waals surface area contributed by atoms with Crippen LogP contribution in [0.5, 0.6) is 11.5 Å². The molecular weight excluding hydrogens is 396 g/mol. The van der Waals surface area contributed by atoms with Gasteiger partial charge in [0.05, 0.1) is 11.5 Å². The predicted molar refractivity (Wildman–Crippen MR) is 113 cm³/mol. The molecule has 4 unspecified atom stereocenters. The number of aliphatic hydroxyl groups is 2. The lowest BCUT2D eigenvalue weighted by Gasteiger charge is -2.23. The first-order valence-electron chi connectivity index (χ1n) is 9.16. The molecule has 0 aliphatic heterocycles. The molecule has 0 aliphatic carbocycles. The van der Waals surface area contributed by atoms with Gasteiger partial charge in [0.1, 0.15) is 35.9 Å². The molecule has 0 fully saturated rings. The van der Waals surface area contributed by atoms with Gasteiger partial charge in [-0.1, -0.05) is 0 Å². The van der Waals surface area contributed by atoms with Crippen molar-refractivity contribution in [3.05, 3.63) is 48.5 Å². The van der Waals surface area contributed by atoms with Crippen LogP contribution in [0.25, 0.3) is 0 Å². The van der Waals surface area contributed by atoms with Crippen molar-refractivity contribution in [3.63, 3.8) is 0 Å². The molecule has 2 rings (SSSR count). The Labute approximate surface area is 171 Å². The van der Waals surface area contributed by atoms with Gasteiger partial charge in [0.15, 0.2) is 9.84 Å². The highest BCUT2D eigenvalue weighted by Gasteiger charge is 2.28. The van der Waals surface area contributed by atoms with E-state index in [9.17, 15) is 18.6 Å². The first kappa shape index (κ1) is 22.8. The first-order chi connectivity index (χ1) is 13.6. The van der Waals surface area contributed by atoms with Gasteiger partial charge in [-0.3, -0.25) is 0 Å². The van der Waals surface area contributed by atoms with Crippen LogP contribution in [0.3, 0.4) is 0 Å². The molecule has 4 atom stereocenters. The Hall–Kier alpha value is -2.49. The van der Waals surface area contributed by atoms with Crippen molar-refractivity contribution >= 4 is 21.2 Å². The SMILES string of the molecule is CC(Oc1ccc(N)cc1)C(O)CS(=O)(=O)CC(O)C(C)Oc1ccc(N)cc1. The quantitative estimate of drug-likeness (QED) is 0.417. The molecule has 8 nitrogen and oxygen atoms in total. The molecule has 0 spiro atoms. The molecule has 0 bridgehead atoms. The van der Waals surface area contributed by atoms with E-state index < -0.39 is 45.8 Å². The molecule has 0 saturated carbocycles. The lowest BCUT2D eigenvalue weighted by Crippen LogP contribution is -2.40. The molecule has 0 aromatic heterocycles. The molecule has 0 radical (unpaired) electrons. The Morgan fingerprint density at radius 1 is 0.759 bits per heavy atom. The lowest BCUT2D eigenvalue weighted by molar-refractivity contribution is 0.0577. The summed E-state index contributed by atoms with van der Waals surface area (Å²) in [5.41, 5.74) is 12.3. The minimum Gasteiger partial charge on any atom is -0.488 e. The molecule has 6 N–H and O–H groups in total. The number of aliphatic hydroxyl groups excluding tert-OH is 2. The average molecular weight is 425 g/mol. The molecule has 0 heterocycles. The minimum absolute atomic E-state index is 0.466. The average Bonchev–Trinajstić information content (AvgIpc) is 2.64. The number of rotatable bonds is 10. The van der Waals surface area contributed by atoms with Gasteiger partial charge in [-0.05, 0) is 62.4 Å². The maximum atomic E-state index is 12.4. The van der Waals surface area contributed by atoms with E-state index in [0.29, 0.717) is 22.9 Å². The van der Waals surface area contributed by atoms with Gasteiger partial charge in [-0.15, -0.1) is 0 Å². The van der Waals surface area contributed by atoms with Crippen molar-refractivity contribution in [2.24, 2.45) is 0 Å². The number of ether oxygens (including phenoxy) is 2. The van der Waals surface area contributed by atoms with Crippen LogP contribution >= 0.6 is 0 Å². The van der Waals surface area contributed by atoms with Gasteiger partial charge in [0.2, 0.25) is 0 Å². The van der Waals surface area contributed by atoms with Gasteiger partial charge in [0.25, 0.3) is 0 Å². The largest absolute Gasteiger partial charge is 0.488 e. The molecule has 2 aromatic carbocycles. The van der Waals surface area contributed by atoms with Crippen LogP contribution < -0.4 is 20.9 Å². The fourth-order valence-electron chi connectivity index (χ4n) is 2.54. The lowest BCUT2D eigenvalue weighted by atomic mass is 10.2. The summed E-state index contributed by atoms with van der Waals surface area (Å²) in [5, 5.41) is 20.5. The normalized spacial score (nSPS) is 15.9. The number of benzene rings is 2. The summed E-state index contributed by atoms with van der Waals surface area (Å²) < 4.78 is 35.9. The topological polar surface area (TPSA) is 145 Å². The second-order valence-corrected chi connectivity index (χ2v) is 9.15. The van der Waals surface area contributed by atoms with Crippen LogP contribution in [-0.4, -0.2) is 54.6 Å². The molecule has 2 aromatic rings. The van der Waals surface area contributed by atoms with Crippen molar-refractivity contribution in [1.82, 2.24) is 0 Å². The smallest absolute Gasteiger partial charge is 0.155 e. The number of sulfone groups is 1. The van der Waals surface area contributed by atoms with Crippen molar-refractivity contribution in [1.29, 1.82) is 0 Å². The van der Waals surface area contributed by atoms with Gasteiger partial charge in [-0.25, -0.2) is 8.42 Å². The van der Waals surface area contributed by atoms with Crippen LogP contribution in [0.15, 0.2) is 48.5 Å². The number of hydrogen-bond donors (Lipinski definition) is 4. The second kappa shape index (κ2) is 9.82. The van der Waals surface area contributed by atoms with E-state index in [2.05, 4.69) is 0 Å². The molecule has 0 aliphatic rings. The maximum Gasteiger partial charge on any atom is 0.155 e. The first-order valence-corrected chi connectivity index (χ1v) is 11.0. The third-order valence-electron chi connectivity index (χ3n) is 4.34. The molecule has 29 heavy (non-hydrogen) atoms. The van der Waals surface area contributed by atoms with E-state index in [1.54, 1.807) is 62.4 Å². The highest BCUT2D eigenvalue weighted by molar-refractivity contribution is 7.91. The summed E-state index contributed by atoms with van der Waals surface area (Å²) in [6.07, 6.45) is -4.07. The van der Waals surface area contributed by atoms with E-state index in [1.165, 1.54) is 0 Å². The zero-order valence-electron chi connectivity index (χ0n) is 16.4. The second-order valence-electron chi connectivity index (χ2n) is 7.00.